The van der Waals surface area contributed by atoms with E-state index in [0.29, 0.717) is 0 Å². The van der Waals surface area contributed by atoms with Crippen LogP contribution in [0.15, 0.2) is 30.1 Å². The molecule has 1 saturated carbocycles. The Morgan fingerprint density at radius 3 is 2.67 bits per heavy atom. The third-order valence-corrected chi connectivity index (χ3v) is 3.84. The number of benzene rings is 1. The lowest BCUT2D eigenvalue weighted by Crippen LogP contribution is -2.36. The van der Waals surface area contributed by atoms with E-state index in [1.165, 1.54) is 18.6 Å². The molecule has 134 valence electrons. The van der Waals surface area contributed by atoms with Crippen LogP contribution in [0.1, 0.15) is 42.5 Å². The summed E-state index contributed by atoms with van der Waals surface area (Å²) in [5.74, 6) is -1.65. The Labute approximate surface area is 146 Å². The molecule has 1 aliphatic carbocycles. The number of halogens is 3. The van der Waals surface area contributed by atoms with Crippen molar-refractivity contribution in [2.45, 2.75) is 38.1 Å². The molecule has 7 heteroatoms. The van der Waals surface area contributed by atoms with Crippen molar-refractivity contribution >= 4 is 18.3 Å². The number of hydrogen-bond donors (Lipinski definition) is 2. The summed E-state index contributed by atoms with van der Waals surface area (Å²) in [5.41, 5.74) is 5.40. The van der Waals surface area contributed by atoms with Crippen LogP contribution < -0.4 is 15.8 Å². The highest BCUT2D eigenvalue weighted by Gasteiger charge is 2.17. The van der Waals surface area contributed by atoms with E-state index in [-0.39, 0.29) is 48.8 Å². The molecule has 1 amide bonds. The van der Waals surface area contributed by atoms with Gasteiger partial charge >= 0.3 is 0 Å². The summed E-state index contributed by atoms with van der Waals surface area (Å²) in [6.07, 6.45) is 6.48. The van der Waals surface area contributed by atoms with E-state index in [4.69, 9.17) is 10.5 Å². The van der Waals surface area contributed by atoms with Gasteiger partial charge in [-0.25, -0.2) is 8.78 Å². The number of nitrogens with one attached hydrogen (secondary N) is 1. The Morgan fingerprint density at radius 2 is 2.04 bits per heavy atom. The summed E-state index contributed by atoms with van der Waals surface area (Å²) in [4.78, 5) is 12.1. The zero-order valence-corrected chi connectivity index (χ0v) is 14.2. The van der Waals surface area contributed by atoms with Crippen molar-refractivity contribution in [1.29, 1.82) is 0 Å². The minimum Gasteiger partial charge on any atom is -0.483 e. The fraction of sp³-hybridized carbons (Fsp3) is 0.471. The highest BCUT2D eigenvalue weighted by molar-refractivity contribution is 5.94. The van der Waals surface area contributed by atoms with Crippen LogP contribution in [0.25, 0.3) is 0 Å². The molecule has 0 heterocycles. The van der Waals surface area contributed by atoms with Gasteiger partial charge in [-0.05, 0) is 37.1 Å². The Morgan fingerprint density at radius 1 is 1.33 bits per heavy atom. The number of amides is 1. The summed E-state index contributed by atoms with van der Waals surface area (Å²) in [7, 11) is 0. The molecule has 0 aromatic heterocycles. The maximum atomic E-state index is 14.0. The molecule has 0 bridgehead atoms. The van der Waals surface area contributed by atoms with Crippen molar-refractivity contribution in [3.63, 3.8) is 0 Å². The zero-order chi connectivity index (χ0) is 16.7. The van der Waals surface area contributed by atoms with Gasteiger partial charge in [0.25, 0.3) is 5.91 Å². The molecule has 0 spiro atoms. The molecule has 0 aliphatic heterocycles. The van der Waals surface area contributed by atoms with Crippen molar-refractivity contribution in [3.05, 3.63) is 41.5 Å². The normalized spacial score (nSPS) is 15.5. The van der Waals surface area contributed by atoms with Gasteiger partial charge in [0, 0.05) is 18.2 Å². The zero-order valence-electron chi connectivity index (χ0n) is 13.4. The van der Waals surface area contributed by atoms with Crippen LogP contribution in [-0.2, 0) is 0 Å². The third-order valence-electron chi connectivity index (χ3n) is 3.84. The van der Waals surface area contributed by atoms with E-state index < -0.39 is 11.6 Å². The molecule has 0 unspecified atom stereocenters. The molecule has 0 atom stereocenters. The van der Waals surface area contributed by atoms with Crippen molar-refractivity contribution in [2.24, 2.45) is 5.73 Å². The predicted octanol–water partition coefficient (Wildman–Crippen LogP) is 3.50. The van der Waals surface area contributed by atoms with Gasteiger partial charge in [-0.1, -0.05) is 19.3 Å². The molecule has 24 heavy (non-hydrogen) atoms. The van der Waals surface area contributed by atoms with Crippen molar-refractivity contribution in [1.82, 2.24) is 5.32 Å². The fourth-order valence-corrected chi connectivity index (χ4v) is 2.61. The summed E-state index contributed by atoms with van der Waals surface area (Å²) < 4.78 is 32.1. The smallest absolute Gasteiger partial charge is 0.251 e. The predicted molar refractivity (Wildman–Crippen MR) is 91.7 cm³/mol. The lowest BCUT2D eigenvalue weighted by Gasteiger charge is -2.22. The van der Waals surface area contributed by atoms with E-state index >= 15 is 0 Å². The first kappa shape index (κ1) is 20.4. The highest BCUT2D eigenvalue weighted by atomic mass is 35.5. The Bertz CT molecular complexity index is 576. The SMILES string of the molecule is Cl.NC/C=C(\F)COc1ccc(C(=O)NC2CCCCC2)cc1F. The van der Waals surface area contributed by atoms with Crippen LogP contribution in [0, 0.1) is 5.82 Å². The molecule has 1 fully saturated rings. The van der Waals surface area contributed by atoms with Gasteiger partial charge in [-0.15, -0.1) is 12.4 Å². The quantitative estimate of drug-likeness (QED) is 0.816. The fourth-order valence-electron chi connectivity index (χ4n) is 2.61. The Kier molecular flexibility index (Phi) is 8.71. The molecule has 0 saturated heterocycles. The van der Waals surface area contributed by atoms with Crippen LogP contribution in [0.5, 0.6) is 5.75 Å². The summed E-state index contributed by atoms with van der Waals surface area (Å²) in [6, 6.07) is 4.07. The van der Waals surface area contributed by atoms with Crippen LogP contribution in [-0.4, -0.2) is 25.1 Å². The van der Waals surface area contributed by atoms with E-state index in [2.05, 4.69) is 5.32 Å². The van der Waals surface area contributed by atoms with Crippen LogP contribution in [0.4, 0.5) is 8.78 Å². The lowest BCUT2D eigenvalue weighted by atomic mass is 9.95. The van der Waals surface area contributed by atoms with Crippen LogP contribution in [0.3, 0.4) is 0 Å². The van der Waals surface area contributed by atoms with Crippen molar-refractivity contribution in [3.8, 4) is 5.75 Å². The van der Waals surface area contributed by atoms with E-state index in [0.717, 1.165) is 37.8 Å². The third kappa shape index (κ3) is 6.09. The first-order valence-electron chi connectivity index (χ1n) is 7.88. The summed E-state index contributed by atoms with van der Waals surface area (Å²) in [5, 5.41) is 2.92. The van der Waals surface area contributed by atoms with Gasteiger partial charge in [-0.3, -0.25) is 4.79 Å². The molecule has 0 radical (unpaired) electrons. The number of hydrogen-bond acceptors (Lipinski definition) is 3. The standard InChI is InChI=1S/C17H22F2N2O2.ClH/c18-13(8-9-20)11-23-16-7-6-12(10-15(16)19)17(22)21-14-4-2-1-3-5-14;/h6-8,10,14H,1-5,9,11,20H2,(H,21,22);1H/b13-8-;. The highest BCUT2D eigenvalue weighted by Crippen LogP contribution is 2.21. The van der Waals surface area contributed by atoms with Gasteiger partial charge in [0.2, 0.25) is 0 Å². The molecule has 1 aliphatic rings. The second-order valence-electron chi connectivity index (χ2n) is 5.63. The van der Waals surface area contributed by atoms with Gasteiger partial charge in [0.15, 0.2) is 11.6 Å². The number of carbonyl (C=O) groups is 1. The molecular formula is C17H23ClF2N2O2. The minimum atomic E-state index is -0.693. The first-order chi connectivity index (χ1) is 11.1. The molecule has 3 N–H and O–H groups in total. The van der Waals surface area contributed by atoms with Gasteiger partial charge in [0.1, 0.15) is 12.4 Å². The van der Waals surface area contributed by atoms with Gasteiger partial charge < -0.3 is 15.8 Å². The van der Waals surface area contributed by atoms with Crippen molar-refractivity contribution in [2.75, 3.05) is 13.2 Å². The molecule has 1 aromatic carbocycles. The number of carbonyl (C=O) groups excluding carboxylic acids is 1. The number of ether oxygens (including phenoxy) is 1. The topological polar surface area (TPSA) is 64.3 Å². The second-order valence-corrected chi connectivity index (χ2v) is 5.63. The van der Waals surface area contributed by atoms with E-state index in [1.54, 1.807) is 0 Å². The van der Waals surface area contributed by atoms with Crippen molar-refractivity contribution < 1.29 is 18.3 Å². The number of nitrogens with two attached hydrogens (primary N) is 1. The van der Waals surface area contributed by atoms with Crippen LogP contribution >= 0.6 is 12.4 Å². The lowest BCUT2D eigenvalue weighted by molar-refractivity contribution is 0.0927. The second kappa shape index (κ2) is 10.3. The van der Waals surface area contributed by atoms with Gasteiger partial charge in [-0.2, -0.15) is 0 Å². The average molecular weight is 361 g/mol. The summed E-state index contributed by atoms with van der Waals surface area (Å²) in [6.45, 7) is -0.334. The molecule has 4 nitrogen and oxygen atoms in total. The van der Waals surface area contributed by atoms with E-state index in [1.807, 2.05) is 0 Å². The summed E-state index contributed by atoms with van der Waals surface area (Å²) >= 11 is 0. The average Bonchev–Trinajstić information content (AvgIpc) is 2.55. The molecule has 1 aromatic rings. The monoisotopic (exact) mass is 360 g/mol. The maximum Gasteiger partial charge on any atom is 0.251 e. The number of rotatable bonds is 6. The maximum absolute atomic E-state index is 14.0. The van der Waals surface area contributed by atoms with Gasteiger partial charge in [0.05, 0.1) is 0 Å². The minimum absolute atomic E-state index is 0. The Hall–Kier alpha value is -1.66. The largest absolute Gasteiger partial charge is 0.483 e. The van der Waals surface area contributed by atoms with E-state index in [9.17, 15) is 13.6 Å². The Balaban J connectivity index is 0.00000288. The van der Waals surface area contributed by atoms with Crippen LogP contribution in [0.2, 0.25) is 0 Å². The first-order valence-corrected chi connectivity index (χ1v) is 7.88. The molecule has 2 rings (SSSR count). The molecular weight excluding hydrogens is 338 g/mol.